The van der Waals surface area contributed by atoms with E-state index in [0.717, 1.165) is 50.2 Å². The molecule has 1 aliphatic carbocycles. The second-order valence-corrected chi connectivity index (χ2v) is 7.07. The predicted molar refractivity (Wildman–Crippen MR) is 108 cm³/mol. The molecule has 0 bridgehead atoms. The van der Waals surface area contributed by atoms with Crippen LogP contribution in [0, 0.1) is 0 Å². The van der Waals surface area contributed by atoms with Crippen molar-refractivity contribution in [2.24, 2.45) is 0 Å². The van der Waals surface area contributed by atoms with Gasteiger partial charge in [0.05, 0.1) is 6.10 Å². The first-order valence-corrected chi connectivity index (χ1v) is 9.28. The highest BCUT2D eigenvalue weighted by Gasteiger charge is 2.24. The first-order chi connectivity index (χ1) is 12.7. The topological polar surface area (TPSA) is 70.6 Å². The molecule has 1 saturated carbocycles. The van der Waals surface area contributed by atoms with E-state index < -0.39 is 6.10 Å². The largest absolute Gasteiger partial charge is 0.488 e. The average molecular weight is 389 g/mol. The number of hydrogen-bond donors (Lipinski definition) is 3. The zero-order chi connectivity index (χ0) is 17.9. The van der Waals surface area contributed by atoms with Crippen molar-refractivity contribution < 1.29 is 14.6 Å². The van der Waals surface area contributed by atoms with E-state index in [1.54, 1.807) is 0 Å². The summed E-state index contributed by atoms with van der Waals surface area (Å²) < 4.78 is 5.89. The van der Waals surface area contributed by atoms with Crippen molar-refractivity contribution in [3.8, 4) is 5.75 Å². The predicted octanol–water partition coefficient (Wildman–Crippen LogP) is 3.65. The summed E-state index contributed by atoms with van der Waals surface area (Å²) in [6, 6.07) is 13.2. The number of anilines is 1. The number of rotatable bonds is 4. The molecule has 27 heavy (non-hydrogen) atoms. The van der Waals surface area contributed by atoms with Crippen LogP contribution < -0.4 is 15.4 Å². The average Bonchev–Trinajstić information content (AvgIpc) is 3.13. The molecule has 2 atom stereocenters. The molecule has 144 valence electrons. The monoisotopic (exact) mass is 388 g/mol. The molecule has 0 aromatic heterocycles. The number of carbonyl (C=O) groups excluding carboxylic acids is 1. The molecule has 4 rings (SSSR count). The van der Waals surface area contributed by atoms with Crippen LogP contribution in [0.1, 0.15) is 47.2 Å². The van der Waals surface area contributed by atoms with Crippen LogP contribution in [-0.2, 0) is 13.1 Å². The van der Waals surface area contributed by atoms with E-state index in [1.165, 1.54) is 11.1 Å². The second kappa shape index (κ2) is 8.74. The highest BCUT2D eigenvalue weighted by molar-refractivity contribution is 6.04. The molecule has 0 radical (unpaired) electrons. The van der Waals surface area contributed by atoms with Crippen molar-refractivity contribution in [3.63, 3.8) is 0 Å². The third-order valence-corrected chi connectivity index (χ3v) is 5.17. The van der Waals surface area contributed by atoms with E-state index in [-0.39, 0.29) is 24.4 Å². The Kier molecular flexibility index (Phi) is 6.37. The minimum atomic E-state index is -0.391. The maximum Gasteiger partial charge on any atom is 0.255 e. The summed E-state index contributed by atoms with van der Waals surface area (Å²) in [5.74, 6) is 0.605. The molecule has 0 spiro atoms. The van der Waals surface area contributed by atoms with E-state index in [2.05, 4.69) is 10.6 Å². The zero-order valence-corrected chi connectivity index (χ0v) is 15.9. The third-order valence-electron chi connectivity index (χ3n) is 5.17. The van der Waals surface area contributed by atoms with Crippen LogP contribution in [0.15, 0.2) is 42.5 Å². The SMILES string of the molecule is Cl.O=C(Nc1ccc(OC2CCCCC2O)cc1)c1ccc2c(c1)CNC2. The van der Waals surface area contributed by atoms with Gasteiger partial charge in [0.15, 0.2) is 0 Å². The van der Waals surface area contributed by atoms with Crippen molar-refractivity contribution in [2.75, 3.05) is 5.32 Å². The van der Waals surface area contributed by atoms with Gasteiger partial charge in [0.25, 0.3) is 5.91 Å². The number of benzene rings is 2. The molecule has 1 fully saturated rings. The summed E-state index contributed by atoms with van der Waals surface area (Å²) in [4.78, 5) is 12.5. The van der Waals surface area contributed by atoms with E-state index in [4.69, 9.17) is 4.74 Å². The van der Waals surface area contributed by atoms with Crippen molar-refractivity contribution >= 4 is 24.0 Å². The smallest absolute Gasteiger partial charge is 0.255 e. The van der Waals surface area contributed by atoms with Crippen molar-refractivity contribution in [1.29, 1.82) is 0 Å². The third kappa shape index (κ3) is 4.61. The highest BCUT2D eigenvalue weighted by atomic mass is 35.5. The van der Waals surface area contributed by atoms with Gasteiger partial charge in [0.2, 0.25) is 0 Å². The van der Waals surface area contributed by atoms with Gasteiger partial charge in [-0.2, -0.15) is 0 Å². The number of fused-ring (bicyclic) bond motifs is 1. The Hall–Kier alpha value is -2.08. The van der Waals surface area contributed by atoms with Crippen LogP contribution in [0.2, 0.25) is 0 Å². The van der Waals surface area contributed by atoms with Crippen LogP contribution in [0.5, 0.6) is 5.75 Å². The van der Waals surface area contributed by atoms with Crippen LogP contribution in [-0.4, -0.2) is 23.2 Å². The van der Waals surface area contributed by atoms with Gasteiger partial charge < -0.3 is 20.5 Å². The molecule has 6 heteroatoms. The lowest BCUT2D eigenvalue weighted by Gasteiger charge is -2.28. The van der Waals surface area contributed by atoms with Crippen LogP contribution in [0.4, 0.5) is 5.69 Å². The first kappa shape index (κ1) is 19.7. The molecular formula is C21H25ClN2O3. The van der Waals surface area contributed by atoms with Gasteiger partial charge in [-0.15, -0.1) is 12.4 Å². The summed E-state index contributed by atoms with van der Waals surface area (Å²) >= 11 is 0. The van der Waals surface area contributed by atoms with E-state index in [0.29, 0.717) is 5.56 Å². The summed E-state index contributed by atoms with van der Waals surface area (Å²) in [5.41, 5.74) is 3.84. The number of carbonyl (C=O) groups is 1. The van der Waals surface area contributed by atoms with Gasteiger partial charge in [-0.3, -0.25) is 4.79 Å². The fourth-order valence-electron chi connectivity index (χ4n) is 3.65. The first-order valence-electron chi connectivity index (χ1n) is 9.28. The number of aliphatic hydroxyl groups is 1. The molecule has 2 aliphatic rings. The Balaban J connectivity index is 0.00000210. The molecule has 2 unspecified atom stereocenters. The number of hydrogen-bond acceptors (Lipinski definition) is 4. The summed E-state index contributed by atoms with van der Waals surface area (Å²) in [7, 11) is 0. The molecule has 5 nitrogen and oxygen atoms in total. The van der Waals surface area contributed by atoms with Crippen LogP contribution >= 0.6 is 12.4 Å². The fourth-order valence-corrected chi connectivity index (χ4v) is 3.65. The van der Waals surface area contributed by atoms with Gasteiger partial charge >= 0.3 is 0 Å². The van der Waals surface area contributed by atoms with Gasteiger partial charge in [-0.1, -0.05) is 12.5 Å². The Labute approximate surface area is 165 Å². The maximum atomic E-state index is 12.5. The maximum absolute atomic E-state index is 12.5. The lowest BCUT2D eigenvalue weighted by molar-refractivity contribution is 0.00688. The Morgan fingerprint density at radius 2 is 1.78 bits per heavy atom. The quantitative estimate of drug-likeness (QED) is 0.747. The molecule has 2 aromatic carbocycles. The summed E-state index contributed by atoms with van der Waals surface area (Å²) in [6.07, 6.45) is 3.31. The number of amides is 1. The van der Waals surface area contributed by atoms with E-state index in [1.807, 2.05) is 42.5 Å². The van der Waals surface area contributed by atoms with Crippen LogP contribution in [0.25, 0.3) is 0 Å². The fraction of sp³-hybridized carbons (Fsp3) is 0.381. The molecule has 2 aromatic rings. The highest BCUT2D eigenvalue weighted by Crippen LogP contribution is 2.25. The van der Waals surface area contributed by atoms with Crippen molar-refractivity contribution in [1.82, 2.24) is 5.32 Å². The Bertz CT molecular complexity index is 795. The standard InChI is InChI=1S/C21H24N2O3.ClH/c24-19-3-1-2-4-20(19)26-18-9-7-17(8-10-18)23-21(25)14-5-6-15-12-22-13-16(15)11-14;/h5-11,19-20,22,24H,1-4,12-13H2,(H,23,25);1H. The molecule has 3 N–H and O–H groups in total. The zero-order valence-electron chi connectivity index (χ0n) is 15.1. The molecule has 1 amide bonds. The Morgan fingerprint density at radius 3 is 2.56 bits per heavy atom. The lowest BCUT2D eigenvalue weighted by Crippen LogP contribution is -2.34. The van der Waals surface area contributed by atoms with Crippen molar-refractivity contribution in [3.05, 3.63) is 59.2 Å². The Morgan fingerprint density at radius 1 is 1.04 bits per heavy atom. The van der Waals surface area contributed by atoms with Gasteiger partial charge in [-0.25, -0.2) is 0 Å². The number of nitrogens with one attached hydrogen (secondary N) is 2. The molecule has 1 aliphatic heterocycles. The van der Waals surface area contributed by atoms with Gasteiger partial charge in [-0.05, 0) is 66.8 Å². The molecular weight excluding hydrogens is 364 g/mol. The molecule has 0 saturated heterocycles. The minimum absolute atomic E-state index is 0. The lowest BCUT2D eigenvalue weighted by atomic mass is 9.95. The van der Waals surface area contributed by atoms with Crippen molar-refractivity contribution in [2.45, 2.75) is 51.0 Å². The summed E-state index contributed by atoms with van der Waals surface area (Å²) in [6.45, 7) is 1.68. The number of halogens is 1. The summed E-state index contributed by atoms with van der Waals surface area (Å²) in [5, 5.41) is 16.2. The van der Waals surface area contributed by atoms with Crippen LogP contribution in [0.3, 0.4) is 0 Å². The minimum Gasteiger partial charge on any atom is -0.488 e. The number of aliphatic hydroxyl groups excluding tert-OH is 1. The van der Waals surface area contributed by atoms with E-state index in [9.17, 15) is 9.90 Å². The van der Waals surface area contributed by atoms with Gasteiger partial charge in [0.1, 0.15) is 11.9 Å². The number of ether oxygens (including phenoxy) is 1. The normalized spacial score (nSPS) is 21.1. The molecule has 1 heterocycles. The second-order valence-electron chi connectivity index (χ2n) is 7.07. The van der Waals surface area contributed by atoms with Gasteiger partial charge in [0, 0.05) is 24.3 Å². The van der Waals surface area contributed by atoms with E-state index >= 15 is 0 Å².